The van der Waals surface area contributed by atoms with Crippen LogP contribution in [0.1, 0.15) is 30.0 Å². The largest absolute Gasteiger partial charge is 0.506 e. The van der Waals surface area contributed by atoms with Crippen molar-refractivity contribution in [2.45, 2.75) is 25.7 Å². The van der Waals surface area contributed by atoms with Crippen molar-refractivity contribution < 1.29 is 22.7 Å². The summed E-state index contributed by atoms with van der Waals surface area (Å²) in [4.78, 5) is 12.7. The van der Waals surface area contributed by atoms with Crippen LogP contribution in [0.4, 0.5) is 5.69 Å². The molecule has 29 heavy (non-hydrogen) atoms. The van der Waals surface area contributed by atoms with Gasteiger partial charge in [0.2, 0.25) is 10.0 Å². The highest BCUT2D eigenvalue weighted by Gasteiger charge is 2.24. The van der Waals surface area contributed by atoms with Crippen LogP contribution >= 0.6 is 15.9 Å². The van der Waals surface area contributed by atoms with Crippen molar-refractivity contribution in [3.05, 3.63) is 52.2 Å². The Labute approximate surface area is 177 Å². The Morgan fingerprint density at radius 2 is 1.86 bits per heavy atom. The van der Waals surface area contributed by atoms with E-state index in [-0.39, 0.29) is 22.1 Å². The van der Waals surface area contributed by atoms with E-state index in [1.807, 2.05) is 6.07 Å². The minimum Gasteiger partial charge on any atom is -0.506 e. The number of anilines is 1. The maximum absolute atomic E-state index is 12.8. The quantitative estimate of drug-likeness (QED) is 0.506. The molecule has 0 atom stereocenters. The highest BCUT2D eigenvalue weighted by Crippen LogP contribution is 2.31. The summed E-state index contributed by atoms with van der Waals surface area (Å²) in [5, 5.41) is 13.5. The number of halogens is 1. The van der Waals surface area contributed by atoms with Crippen LogP contribution in [0.15, 0.2) is 50.2 Å². The van der Waals surface area contributed by atoms with Crippen molar-refractivity contribution in [1.29, 1.82) is 0 Å². The molecule has 0 aliphatic heterocycles. The second-order valence-corrected chi connectivity index (χ2v) is 9.27. The zero-order chi connectivity index (χ0) is 21.3. The van der Waals surface area contributed by atoms with Crippen LogP contribution in [0, 0.1) is 6.92 Å². The zero-order valence-electron chi connectivity index (χ0n) is 16.2. The number of carbonyl (C=O) groups excluding carboxylic acids is 1. The van der Waals surface area contributed by atoms with Crippen LogP contribution in [0.5, 0.6) is 5.75 Å². The molecule has 2 aromatic carbocycles. The third-order valence-electron chi connectivity index (χ3n) is 4.66. The number of hydrogen-bond acceptors (Lipinski definition) is 5. The predicted molar refractivity (Wildman–Crippen MR) is 115 cm³/mol. The van der Waals surface area contributed by atoms with Crippen molar-refractivity contribution in [2.24, 2.45) is 0 Å². The highest BCUT2D eigenvalue weighted by molar-refractivity contribution is 9.10. The minimum atomic E-state index is -3.73. The number of nitrogens with one attached hydrogen (secondary N) is 1. The van der Waals surface area contributed by atoms with Crippen LogP contribution in [0.3, 0.4) is 0 Å². The number of aromatic hydroxyl groups is 1. The van der Waals surface area contributed by atoms with Crippen LogP contribution in [0.25, 0.3) is 11.0 Å². The summed E-state index contributed by atoms with van der Waals surface area (Å²) in [7, 11) is -3.73. The van der Waals surface area contributed by atoms with Gasteiger partial charge >= 0.3 is 0 Å². The molecule has 3 rings (SSSR count). The normalized spacial score (nSPS) is 11.9. The number of nitrogens with zero attached hydrogens (tertiary/aromatic N) is 1. The first-order valence-electron chi connectivity index (χ1n) is 9.02. The lowest BCUT2D eigenvalue weighted by Crippen LogP contribution is -2.30. The van der Waals surface area contributed by atoms with E-state index < -0.39 is 15.9 Å². The first kappa shape index (κ1) is 21.4. The topological polar surface area (TPSA) is 99.9 Å². The first-order chi connectivity index (χ1) is 13.7. The van der Waals surface area contributed by atoms with Crippen LogP contribution in [-0.2, 0) is 10.0 Å². The fourth-order valence-corrected chi connectivity index (χ4v) is 4.92. The van der Waals surface area contributed by atoms with Gasteiger partial charge in [0, 0.05) is 28.5 Å². The van der Waals surface area contributed by atoms with E-state index in [0.29, 0.717) is 24.2 Å². The number of benzene rings is 2. The van der Waals surface area contributed by atoms with Gasteiger partial charge in [-0.05, 0) is 43.3 Å². The van der Waals surface area contributed by atoms with E-state index in [0.717, 1.165) is 9.86 Å². The van der Waals surface area contributed by atoms with E-state index in [1.165, 1.54) is 22.5 Å². The molecule has 0 saturated heterocycles. The summed E-state index contributed by atoms with van der Waals surface area (Å²) in [6, 6.07) is 9.20. The zero-order valence-corrected chi connectivity index (χ0v) is 18.6. The van der Waals surface area contributed by atoms with Gasteiger partial charge in [0.05, 0.1) is 10.6 Å². The lowest BCUT2D eigenvalue weighted by atomic mass is 10.1. The smallest absolute Gasteiger partial charge is 0.291 e. The molecule has 0 radical (unpaired) electrons. The lowest BCUT2D eigenvalue weighted by Gasteiger charge is -2.19. The Kier molecular flexibility index (Phi) is 6.02. The van der Waals surface area contributed by atoms with Crippen molar-refractivity contribution in [1.82, 2.24) is 4.31 Å². The highest BCUT2D eigenvalue weighted by atomic mass is 79.9. The van der Waals surface area contributed by atoms with Gasteiger partial charge in [-0.3, -0.25) is 4.79 Å². The van der Waals surface area contributed by atoms with Crippen LogP contribution in [0.2, 0.25) is 0 Å². The van der Waals surface area contributed by atoms with Gasteiger partial charge in [0.15, 0.2) is 5.76 Å². The number of furan rings is 1. The predicted octanol–water partition coefficient (Wildman–Crippen LogP) is 4.49. The van der Waals surface area contributed by atoms with Gasteiger partial charge in [-0.25, -0.2) is 8.42 Å². The third kappa shape index (κ3) is 4.03. The van der Waals surface area contributed by atoms with Gasteiger partial charge < -0.3 is 14.8 Å². The molecule has 154 valence electrons. The monoisotopic (exact) mass is 480 g/mol. The number of carbonyl (C=O) groups is 1. The summed E-state index contributed by atoms with van der Waals surface area (Å²) in [6.45, 7) is 5.87. The van der Waals surface area contributed by atoms with Gasteiger partial charge in [-0.1, -0.05) is 29.8 Å². The summed E-state index contributed by atoms with van der Waals surface area (Å²) < 4.78 is 33.3. The summed E-state index contributed by atoms with van der Waals surface area (Å²) in [5.41, 5.74) is 1.19. The maximum Gasteiger partial charge on any atom is 0.291 e. The molecular formula is C20H21BrN2O5S. The maximum atomic E-state index is 12.8. The molecule has 0 aliphatic rings. The molecule has 1 heterocycles. The molecule has 0 aliphatic carbocycles. The molecule has 0 saturated carbocycles. The number of phenolic OH excluding ortho intramolecular Hbond substituents is 1. The number of amides is 1. The van der Waals surface area contributed by atoms with Crippen molar-refractivity contribution >= 4 is 48.5 Å². The Bertz CT molecular complexity index is 1180. The van der Waals surface area contributed by atoms with Crippen LogP contribution < -0.4 is 5.32 Å². The molecular weight excluding hydrogens is 460 g/mol. The number of phenols is 1. The molecule has 7 nitrogen and oxygen atoms in total. The van der Waals surface area contributed by atoms with E-state index in [2.05, 4.69) is 21.2 Å². The van der Waals surface area contributed by atoms with E-state index in [9.17, 15) is 18.3 Å². The number of rotatable bonds is 6. The second kappa shape index (κ2) is 8.17. The van der Waals surface area contributed by atoms with E-state index in [4.69, 9.17) is 4.42 Å². The summed E-state index contributed by atoms with van der Waals surface area (Å²) in [5.74, 6) is -0.731. The van der Waals surface area contributed by atoms with Gasteiger partial charge in [0.25, 0.3) is 5.91 Å². The molecule has 0 spiro atoms. The molecule has 9 heteroatoms. The number of aryl methyl sites for hydroxylation is 1. The molecule has 0 unspecified atom stereocenters. The molecule has 3 aromatic rings. The van der Waals surface area contributed by atoms with E-state index in [1.54, 1.807) is 32.9 Å². The van der Waals surface area contributed by atoms with Gasteiger partial charge in [-0.15, -0.1) is 0 Å². The third-order valence-corrected chi connectivity index (χ3v) is 7.20. The Morgan fingerprint density at radius 3 is 2.52 bits per heavy atom. The molecule has 1 amide bonds. The second-order valence-electron chi connectivity index (χ2n) is 6.42. The number of sulfonamides is 1. The molecule has 1 aromatic heterocycles. The number of fused-ring (bicyclic) bond motifs is 1. The Hall–Kier alpha value is -2.36. The average molecular weight is 481 g/mol. The average Bonchev–Trinajstić information content (AvgIpc) is 3.00. The standard InChI is InChI=1S/C20H21BrN2O5S/c1-4-23(5-2)29(26,27)14-7-8-17(24)16(11-14)22-20(25)19-12(3)15-10-13(21)6-9-18(15)28-19/h6-11,24H,4-5H2,1-3H3,(H,22,25). The summed E-state index contributed by atoms with van der Waals surface area (Å²) >= 11 is 3.39. The fourth-order valence-electron chi connectivity index (χ4n) is 3.08. The van der Waals surface area contributed by atoms with Crippen LogP contribution in [-0.4, -0.2) is 36.8 Å². The summed E-state index contributed by atoms with van der Waals surface area (Å²) in [6.07, 6.45) is 0. The molecule has 0 bridgehead atoms. The molecule has 2 N–H and O–H groups in total. The first-order valence-corrected chi connectivity index (χ1v) is 11.3. The van der Waals surface area contributed by atoms with Gasteiger partial charge in [-0.2, -0.15) is 4.31 Å². The Balaban J connectivity index is 1.96. The molecule has 0 fully saturated rings. The fraction of sp³-hybridized carbons (Fsp3) is 0.250. The van der Waals surface area contributed by atoms with Crippen molar-refractivity contribution in [2.75, 3.05) is 18.4 Å². The minimum absolute atomic E-state index is 0.00994. The van der Waals surface area contributed by atoms with Gasteiger partial charge in [0.1, 0.15) is 11.3 Å². The van der Waals surface area contributed by atoms with E-state index >= 15 is 0 Å². The number of hydrogen-bond donors (Lipinski definition) is 2. The SMILES string of the molecule is CCN(CC)S(=O)(=O)c1ccc(O)c(NC(=O)c2oc3ccc(Br)cc3c2C)c1. The van der Waals surface area contributed by atoms with Crippen molar-refractivity contribution in [3.63, 3.8) is 0 Å². The van der Waals surface area contributed by atoms with Crippen molar-refractivity contribution in [3.8, 4) is 5.75 Å². The Morgan fingerprint density at radius 1 is 1.17 bits per heavy atom. The lowest BCUT2D eigenvalue weighted by molar-refractivity contribution is 0.0997.